The Kier molecular flexibility index (Phi) is 4.94. The van der Waals surface area contributed by atoms with E-state index in [1.54, 1.807) is 48.7 Å². The van der Waals surface area contributed by atoms with Crippen LogP contribution in [-0.2, 0) is 16.9 Å². The third-order valence-electron chi connectivity index (χ3n) is 6.68. The Morgan fingerprint density at radius 3 is 2.78 bits per heavy atom. The van der Waals surface area contributed by atoms with Gasteiger partial charge in [0.15, 0.2) is 5.54 Å². The third kappa shape index (κ3) is 3.56. The van der Waals surface area contributed by atoms with Gasteiger partial charge in [-0.15, -0.1) is 0 Å². The van der Waals surface area contributed by atoms with E-state index in [1.807, 2.05) is 12.1 Å². The summed E-state index contributed by atoms with van der Waals surface area (Å²) in [7, 11) is 1.52. The molecule has 2 aromatic heterocycles. The molecule has 1 fully saturated rings. The van der Waals surface area contributed by atoms with Gasteiger partial charge in [-0.25, -0.2) is 4.79 Å². The van der Waals surface area contributed by atoms with Crippen molar-refractivity contribution in [3.8, 4) is 23.1 Å². The zero-order chi connectivity index (χ0) is 25.7. The van der Waals surface area contributed by atoms with Crippen LogP contribution in [0.2, 0.25) is 0 Å². The van der Waals surface area contributed by atoms with Crippen molar-refractivity contribution in [1.82, 2.24) is 20.5 Å². The molecule has 0 spiro atoms. The molecule has 1 atom stereocenters. The Morgan fingerprint density at radius 1 is 1.16 bits per heavy atom. The highest BCUT2D eigenvalue weighted by atomic mass is 16.5. The van der Waals surface area contributed by atoms with Crippen LogP contribution in [0.1, 0.15) is 27.2 Å². The van der Waals surface area contributed by atoms with Crippen molar-refractivity contribution < 1.29 is 23.5 Å². The summed E-state index contributed by atoms with van der Waals surface area (Å²) in [6.45, 7) is 0.134. The van der Waals surface area contributed by atoms with Gasteiger partial charge in [0.1, 0.15) is 17.1 Å². The lowest BCUT2D eigenvalue weighted by Gasteiger charge is -2.29. The second kappa shape index (κ2) is 8.20. The number of carbonyl (C=O) groups excluding carboxylic acids is 3. The average Bonchev–Trinajstić information content (AvgIpc) is 3.57. The Labute approximate surface area is 210 Å². The summed E-state index contributed by atoms with van der Waals surface area (Å²) in [6, 6.07) is 17.0. The van der Waals surface area contributed by atoms with Gasteiger partial charge in [0.2, 0.25) is 0 Å². The monoisotopic (exact) mass is 493 g/mol. The molecule has 0 radical (unpaired) electrons. The Balaban J connectivity index is 1.38. The van der Waals surface area contributed by atoms with Gasteiger partial charge in [0, 0.05) is 35.3 Å². The minimum Gasteiger partial charge on any atom is -0.497 e. The zero-order valence-corrected chi connectivity index (χ0v) is 19.6. The topological polar surface area (TPSA) is 138 Å². The summed E-state index contributed by atoms with van der Waals surface area (Å²) in [4.78, 5) is 44.6. The Morgan fingerprint density at radius 2 is 2.03 bits per heavy atom. The number of amides is 4. The highest BCUT2D eigenvalue weighted by Crippen LogP contribution is 2.35. The van der Waals surface area contributed by atoms with Crippen LogP contribution in [0.4, 0.5) is 4.79 Å². The lowest BCUT2D eigenvalue weighted by atomic mass is 9.95. The number of rotatable bonds is 5. The molecule has 182 valence electrons. The Bertz CT molecular complexity index is 1670. The second-order valence-corrected chi connectivity index (χ2v) is 8.91. The van der Waals surface area contributed by atoms with E-state index in [9.17, 15) is 19.6 Å². The first-order valence-electron chi connectivity index (χ1n) is 11.4. The van der Waals surface area contributed by atoms with E-state index in [0.29, 0.717) is 33.5 Å². The molecule has 37 heavy (non-hydrogen) atoms. The van der Waals surface area contributed by atoms with Gasteiger partial charge >= 0.3 is 6.03 Å². The van der Waals surface area contributed by atoms with Crippen LogP contribution < -0.4 is 15.4 Å². The summed E-state index contributed by atoms with van der Waals surface area (Å²) >= 11 is 0. The van der Waals surface area contributed by atoms with E-state index < -0.39 is 17.5 Å². The summed E-state index contributed by atoms with van der Waals surface area (Å²) in [5.74, 6) is -0.166. The van der Waals surface area contributed by atoms with Crippen molar-refractivity contribution in [2.24, 2.45) is 0 Å². The SMILES string of the molecule is COc1ccc2c(c1)C(=O)N(C[C@@]1(c3cc4cnc(-c5cccc(C#N)c5)cc4o3)NC(=O)NC1=O)C2. The maximum absolute atomic E-state index is 13.2. The van der Waals surface area contributed by atoms with Crippen LogP contribution in [0.3, 0.4) is 0 Å². The molecule has 4 aromatic rings. The number of nitriles is 1. The molecule has 1 saturated heterocycles. The molecule has 2 aromatic carbocycles. The fraction of sp³-hybridized carbons (Fsp3) is 0.148. The molecule has 10 heteroatoms. The zero-order valence-electron chi connectivity index (χ0n) is 19.6. The van der Waals surface area contributed by atoms with Crippen LogP contribution in [0.5, 0.6) is 5.75 Å². The highest BCUT2D eigenvalue weighted by Gasteiger charge is 2.53. The van der Waals surface area contributed by atoms with E-state index in [4.69, 9.17) is 9.15 Å². The summed E-state index contributed by atoms with van der Waals surface area (Å²) in [6.07, 6.45) is 1.60. The molecule has 2 aliphatic rings. The molecule has 2 aliphatic heterocycles. The number of methoxy groups -OCH3 is 1. The van der Waals surface area contributed by atoms with Crippen molar-refractivity contribution in [3.63, 3.8) is 0 Å². The molecule has 2 N–H and O–H groups in total. The van der Waals surface area contributed by atoms with Crippen molar-refractivity contribution in [3.05, 3.63) is 83.2 Å². The van der Waals surface area contributed by atoms with E-state index in [2.05, 4.69) is 21.7 Å². The van der Waals surface area contributed by atoms with Crippen molar-refractivity contribution in [2.45, 2.75) is 12.1 Å². The number of carbonyl (C=O) groups is 3. The van der Waals surface area contributed by atoms with Crippen LogP contribution in [-0.4, -0.2) is 41.4 Å². The first-order chi connectivity index (χ1) is 17.9. The largest absolute Gasteiger partial charge is 0.497 e. The second-order valence-electron chi connectivity index (χ2n) is 8.91. The molecule has 0 saturated carbocycles. The maximum atomic E-state index is 13.2. The van der Waals surface area contributed by atoms with Crippen molar-refractivity contribution in [1.29, 1.82) is 5.26 Å². The van der Waals surface area contributed by atoms with Crippen LogP contribution in [0.15, 0.2) is 65.2 Å². The number of aromatic nitrogens is 1. The lowest BCUT2D eigenvalue weighted by molar-refractivity contribution is -0.125. The van der Waals surface area contributed by atoms with Gasteiger partial charge in [0.05, 0.1) is 31.0 Å². The van der Waals surface area contributed by atoms with Gasteiger partial charge in [0.25, 0.3) is 11.8 Å². The molecule has 0 bridgehead atoms. The minimum atomic E-state index is -1.63. The standard InChI is InChI=1S/C27H19N5O5/c1-36-19-6-5-17-13-32(24(33)20(17)9-19)14-27(25(34)30-26(35)31-27)23-8-18-12-29-21(10-22(18)37-23)16-4-2-3-15(7-16)11-28/h2-10,12H,13-14H2,1H3,(H2,30,31,34,35)/t27-/m0/s1. The number of hydrogen-bond donors (Lipinski definition) is 2. The molecule has 0 unspecified atom stereocenters. The minimum absolute atomic E-state index is 0.134. The van der Waals surface area contributed by atoms with Gasteiger partial charge in [-0.2, -0.15) is 5.26 Å². The summed E-state index contributed by atoms with van der Waals surface area (Å²) in [5.41, 5.74) is 1.91. The van der Waals surface area contributed by atoms with Crippen LogP contribution in [0, 0.1) is 11.3 Å². The number of furan rings is 1. The van der Waals surface area contributed by atoms with E-state index >= 15 is 0 Å². The summed E-state index contributed by atoms with van der Waals surface area (Å²) < 4.78 is 11.3. The maximum Gasteiger partial charge on any atom is 0.322 e. The van der Waals surface area contributed by atoms with E-state index in [0.717, 1.165) is 11.1 Å². The molecule has 4 amide bonds. The van der Waals surface area contributed by atoms with Crippen LogP contribution >= 0.6 is 0 Å². The number of nitrogens with zero attached hydrogens (tertiary/aromatic N) is 3. The normalized spacial score (nSPS) is 18.5. The first-order valence-corrected chi connectivity index (χ1v) is 11.4. The van der Waals surface area contributed by atoms with Crippen LogP contribution in [0.25, 0.3) is 22.2 Å². The number of urea groups is 1. The predicted molar refractivity (Wildman–Crippen MR) is 130 cm³/mol. The third-order valence-corrected chi connectivity index (χ3v) is 6.68. The number of hydrogen-bond acceptors (Lipinski definition) is 7. The predicted octanol–water partition coefficient (Wildman–Crippen LogP) is 3.07. The molecule has 10 nitrogen and oxygen atoms in total. The number of pyridine rings is 1. The summed E-state index contributed by atoms with van der Waals surface area (Å²) in [5, 5.41) is 14.8. The smallest absolute Gasteiger partial charge is 0.322 e. The Hall–Kier alpha value is -5.17. The van der Waals surface area contributed by atoms with Crippen molar-refractivity contribution in [2.75, 3.05) is 13.7 Å². The van der Waals surface area contributed by atoms with Gasteiger partial charge in [-0.1, -0.05) is 18.2 Å². The first kappa shape index (κ1) is 22.3. The van der Waals surface area contributed by atoms with E-state index in [-0.39, 0.29) is 24.8 Å². The van der Waals surface area contributed by atoms with E-state index in [1.165, 1.54) is 12.0 Å². The molecule has 0 aliphatic carbocycles. The average molecular weight is 493 g/mol. The molecular weight excluding hydrogens is 474 g/mol. The number of ether oxygens (including phenoxy) is 1. The number of benzene rings is 2. The highest BCUT2D eigenvalue weighted by molar-refractivity contribution is 6.08. The fourth-order valence-electron chi connectivity index (χ4n) is 4.79. The lowest BCUT2D eigenvalue weighted by Crippen LogP contribution is -2.52. The van der Waals surface area contributed by atoms with Gasteiger partial charge in [-0.3, -0.25) is 19.9 Å². The molecule has 6 rings (SSSR count). The number of imide groups is 1. The van der Waals surface area contributed by atoms with Gasteiger partial charge in [-0.05, 0) is 35.9 Å². The molecule has 4 heterocycles. The number of nitrogens with one attached hydrogen (secondary N) is 2. The van der Waals surface area contributed by atoms with Gasteiger partial charge < -0.3 is 19.4 Å². The quantitative estimate of drug-likeness (QED) is 0.408. The van der Waals surface area contributed by atoms with Crippen molar-refractivity contribution >= 4 is 28.8 Å². The number of fused-ring (bicyclic) bond motifs is 2. The fourth-order valence-corrected chi connectivity index (χ4v) is 4.79. The molecular formula is C27H19N5O5.